The van der Waals surface area contributed by atoms with E-state index in [4.69, 9.17) is 9.47 Å². The summed E-state index contributed by atoms with van der Waals surface area (Å²) in [5.74, 6) is 0.0821. The van der Waals surface area contributed by atoms with Crippen molar-refractivity contribution in [3.05, 3.63) is 0 Å². The minimum atomic E-state index is 0.0821. The average molecular weight is 287 g/mol. The number of methoxy groups -OCH3 is 1. The highest BCUT2D eigenvalue weighted by Crippen LogP contribution is 2.01. The van der Waals surface area contributed by atoms with E-state index in [0.29, 0.717) is 25.8 Å². The molecule has 0 unspecified atom stereocenters. The molecular weight excluding hydrogens is 258 g/mol. The first kappa shape index (κ1) is 17.4. The van der Waals surface area contributed by atoms with Gasteiger partial charge in [-0.3, -0.25) is 14.6 Å². The number of nitrogens with zero attached hydrogens (tertiary/aromatic N) is 2. The predicted molar refractivity (Wildman–Crippen MR) is 78.9 cm³/mol. The third-order valence-electron chi connectivity index (χ3n) is 3.32. The Hall–Kier alpha value is -0.690. The van der Waals surface area contributed by atoms with Crippen molar-refractivity contribution in [3.8, 4) is 0 Å². The van der Waals surface area contributed by atoms with Crippen molar-refractivity contribution in [1.82, 2.24) is 15.1 Å². The first-order valence-electron chi connectivity index (χ1n) is 7.43. The van der Waals surface area contributed by atoms with Gasteiger partial charge in [0.1, 0.15) is 0 Å². The van der Waals surface area contributed by atoms with Crippen LogP contribution in [0.25, 0.3) is 0 Å². The van der Waals surface area contributed by atoms with E-state index in [0.717, 1.165) is 39.3 Å². The fraction of sp³-hybridized carbons (Fsp3) is 0.929. The average Bonchev–Trinajstić information content (AvgIpc) is 2.41. The second kappa shape index (κ2) is 10.1. The van der Waals surface area contributed by atoms with Gasteiger partial charge in [0.05, 0.1) is 25.9 Å². The van der Waals surface area contributed by atoms with Gasteiger partial charge in [0.25, 0.3) is 0 Å². The largest absolute Gasteiger partial charge is 0.383 e. The molecule has 1 fully saturated rings. The molecule has 1 heterocycles. The lowest BCUT2D eigenvalue weighted by atomic mass is 10.3. The van der Waals surface area contributed by atoms with E-state index in [1.54, 1.807) is 7.11 Å². The molecule has 1 rings (SSSR count). The number of ether oxygens (including phenoxy) is 2. The van der Waals surface area contributed by atoms with Crippen molar-refractivity contribution in [2.45, 2.75) is 20.0 Å². The van der Waals surface area contributed by atoms with Crippen LogP contribution in [-0.4, -0.2) is 87.9 Å². The summed E-state index contributed by atoms with van der Waals surface area (Å²) in [6, 6.07) is 0. The molecule has 1 saturated heterocycles. The maximum atomic E-state index is 11.7. The molecule has 0 atom stereocenters. The minimum Gasteiger partial charge on any atom is -0.383 e. The molecule has 1 aliphatic heterocycles. The van der Waals surface area contributed by atoms with Gasteiger partial charge in [-0.2, -0.15) is 0 Å². The molecule has 118 valence electrons. The van der Waals surface area contributed by atoms with E-state index in [-0.39, 0.29) is 5.91 Å². The summed E-state index contributed by atoms with van der Waals surface area (Å²) in [6.45, 7) is 11.4. The summed E-state index contributed by atoms with van der Waals surface area (Å²) in [4.78, 5) is 16.3. The van der Waals surface area contributed by atoms with Crippen LogP contribution < -0.4 is 5.32 Å². The SMILES string of the molecule is COCCNC(=O)CN1CCN(CCOC(C)C)CC1. The van der Waals surface area contributed by atoms with Crippen molar-refractivity contribution in [2.75, 3.05) is 66.1 Å². The van der Waals surface area contributed by atoms with Gasteiger partial charge >= 0.3 is 0 Å². The van der Waals surface area contributed by atoms with Gasteiger partial charge in [0, 0.05) is 46.4 Å². The van der Waals surface area contributed by atoms with Crippen LogP contribution in [0.2, 0.25) is 0 Å². The van der Waals surface area contributed by atoms with Gasteiger partial charge in [0.2, 0.25) is 5.91 Å². The van der Waals surface area contributed by atoms with Gasteiger partial charge in [-0.1, -0.05) is 0 Å². The number of rotatable bonds is 9. The zero-order chi connectivity index (χ0) is 14.8. The minimum absolute atomic E-state index is 0.0821. The molecule has 6 heteroatoms. The van der Waals surface area contributed by atoms with E-state index in [2.05, 4.69) is 29.0 Å². The van der Waals surface area contributed by atoms with Crippen LogP contribution in [0.1, 0.15) is 13.8 Å². The lowest BCUT2D eigenvalue weighted by Gasteiger charge is -2.34. The Morgan fingerprint density at radius 1 is 1.15 bits per heavy atom. The number of hydrogen-bond acceptors (Lipinski definition) is 5. The van der Waals surface area contributed by atoms with Crippen LogP contribution in [-0.2, 0) is 14.3 Å². The normalized spacial score (nSPS) is 17.6. The first-order valence-corrected chi connectivity index (χ1v) is 7.43. The molecule has 0 saturated carbocycles. The van der Waals surface area contributed by atoms with Gasteiger partial charge in [-0.15, -0.1) is 0 Å². The van der Waals surface area contributed by atoms with Gasteiger partial charge < -0.3 is 14.8 Å². The Kier molecular flexibility index (Phi) is 8.77. The van der Waals surface area contributed by atoms with Gasteiger partial charge in [-0.25, -0.2) is 0 Å². The number of nitrogens with one attached hydrogen (secondary N) is 1. The summed E-state index contributed by atoms with van der Waals surface area (Å²) in [5, 5.41) is 2.85. The summed E-state index contributed by atoms with van der Waals surface area (Å²) < 4.78 is 10.5. The monoisotopic (exact) mass is 287 g/mol. The molecule has 1 aliphatic rings. The van der Waals surface area contributed by atoms with E-state index >= 15 is 0 Å². The first-order chi connectivity index (χ1) is 9.61. The quantitative estimate of drug-likeness (QED) is 0.595. The standard InChI is InChI=1S/C14H29N3O3/c1-13(2)20-11-9-16-5-7-17(8-6-16)12-14(18)15-4-10-19-3/h13H,4-12H2,1-3H3,(H,15,18). The number of hydrogen-bond donors (Lipinski definition) is 1. The topological polar surface area (TPSA) is 54.0 Å². The number of piperazine rings is 1. The maximum absolute atomic E-state index is 11.7. The lowest BCUT2D eigenvalue weighted by molar-refractivity contribution is -0.122. The molecule has 0 spiro atoms. The summed E-state index contributed by atoms with van der Waals surface area (Å²) in [6.07, 6.45) is 0.298. The number of carbonyl (C=O) groups is 1. The van der Waals surface area contributed by atoms with E-state index in [9.17, 15) is 4.79 Å². The van der Waals surface area contributed by atoms with E-state index in [1.165, 1.54) is 0 Å². The highest BCUT2D eigenvalue weighted by Gasteiger charge is 2.18. The van der Waals surface area contributed by atoms with Crippen LogP contribution in [0.3, 0.4) is 0 Å². The number of amides is 1. The Balaban J connectivity index is 2.07. The molecular formula is C14H29N3O3. The molecule has 0 radical (unpaired) electrons. The van der Waals surface area contributed by atoms with Gasteiger partial charge in [-0.05, 0) is 13.8 Å². The Morgan fingerprint density at radius 2 is 1.80 bits per heavy atom. The summed E-state index contributed by atoms with van der Waals surface area (Å²) in [5.41, 5.74) is 0. The molecule has 0 bridgehead atoms. The Labute approximate surface area is 122 Å². The van der Waals surface area contributed by atoms with Crippen LogP contribution >= 0.6 is 0 Å². The molecule has 1 amide bonds. The van der Waals surface area contributed by atoms with Gasteiger partial charge in [0.15, 0.2) is 0 Å². The molecule has 20 heavy (non-hydrogen) atoms. The van der Waals surface area contributed by atoms with Crippen molar-refractivity contribution < 1.29 is 14.3 Å². The van der Waals surface area contributed by atoms with E-state index < -0.39 is 0 Å². The zero-order valence-corrected chi connectivity index (χ0v) is 13.1. The fourth-order valence-corrected chi connectivity index (χ4v) is 2.14. The van der Waals surface area contributed by atoms with Crippen molar-refractivity contribution in [3.63, 3.8) is 0 Å². The molecule has 1 N–H and O–H groups in total. The highest BCUT2D eigenvalue weighted by molar-refractivity contribution is 5.77. The second-order valence-corrected chi connectivity index (χ2v) is 5.38. The van der Waals surface area contributed by atoms with Crippen molar-refractivity contribution in [1.29, 1.82) is 0 Å². The summed E-state index contributed by atoms with van der Waals surface area (Å²) >= 11 is 0. The molecule has 0 aromatic carbocycles. The lowest BCUT2D eigenvalue weighted by Crippen LogP contribution is -2.50. The van der Waals surface area contributed by atoms with Crippen molar-refractivity contribution >= 4 is 5.91 Å². The van der Waals surface area contributed by atoms with Crippen LogP contribution in [0, 0.1) is 0 Å². The van der Waals surface area contributed by atoms with Crippen LogP contribution in [0.4, 0.5) is 0 Å². The fourth-order valence-electron chi connectivity index (χ4n) is 2.14. The predicted octanol–water partition coefficient (Wildman–Crippen LogP) is -0.208. The number of carbonyl (C=O) groups excluding carboxylic acids is 1. The zero-order valence-electron chi connectivity index (χ0n) is 13.1. The molecule has 6 nitrogen and oxygen atoms in total. The summed E-state index contributed by atoms with van der Waals surface area (Å²) in [7, 11) is 1.63. The third kappa shape index (κ3) is 7.79. The van der Waals surface area contributed by atoms with Crippen LogP contribution in [0.15, 0.2) is 0 Å². The molecule has 0 aliphatic carbocycles. The smallest absolute Gasteiger partial charge is 0.234 e. The maximum Gasteiger partial charge on any atom is 0.234 e. The molecule has 0 aromatic rings. The molecule has 0 aromatic heterocycles. The highest BCUT2D eigenvalue weighted by atomic mass is 16.5. The Bertz CT molecular complexity index is 266. The van der Waals surface area contributed by atoms with Crippen LogP contribution in [0.5, 0.6) is 0 Å². The van der Waals surface area contributed by atoms with Crippen molar-refractivity contribution in [2.24, 2.45) is 0 Å². The van der Waals surface area contributed by atoms with E-state index in [1.807, 2.05) is 0 Å². The Morgan fingerprint density at radius 3 is 2.40 bits per heavy atom. The second-order valence-electron chi connectivity index (χ2n) is 5.38. The third-order valence-corrected chi connectivity index (χ3v) is 3.32.